The minimum absolute atomic E-state index is 0.360. The van der Waals surface area contributed by atoms with E-state index in [9.17, 15) is 8.42 Å². The minimum Gasteiger partial charge on any atom is -0.321 e. The van der Waals surface area contributed by atoms with Crippen molar-refractivity contribution in [2.24, 2.45) is 0 Å². The van der Waals surface area contributed by atoms with Crippen LogP contribution < -0.4 is 4.18 Å². The minimum atomic E-state index is -4.58. The predicted molar refractivity (Wildman–Crippen MR) is 43.0 cm³/mol. The standard InChI is InChI=1S/C5H4N4O4S/c10-14(11,12)13-5-7-4-1-2-6-3-9(4)8-5/h1-3H,(H,10,11,12). The van der Waals surface area contributed by atoms with Crippen LogP contribution in [-0.2, 0) is 10.4 Å². The Morgan fingerprint density at radius 2 is 2.29 bits per heavy atom. The highest BCUT2D eigenvalue weighted by Gasteiger charge is 2.12. The van der Waals surface area contributed by atoms with Crippen molar-refractivity contribution in [3.05, 3.63) is 18.6 Å². The Kier molecular flexibility index (Phi) is 1.82. The van der Waals surface area contributed by atoms with Crippen LogP contribution in [0.3, 0.4) is 0 Å². The molecule has 0 unspecified atom stereocenters. The van der Waals surface area contributed by atoms with Crippen molar-refractivity contribution in [2.75, 3.05) is 0 Å². The van der Waals surface area contributed by atoms with E-state index >= 15 is 0 Å². The van der Waals surface area contributed by atoms with Crippen molar-refractivity contribution < 1.29 is 17.2 Å². The van der Waals surface area contributed by atoms with Crippen LogP contribution in [0.2, 0.25) is 0 Å². The van der Waals surface area contributed by atoms with Crippen molar-refractivity contribution in [1.82, 2.24) is 19.6 Å². The molecule has 2 aromatic heterocycles. The monoisotopic (exact) mass is 216 g/mol. The predicted octanol–water partition coefficient (Wildman–Crippen LogP) is -0.694. The number of rotatable bonds is 2. The van der Waals surface area contributed by atoms with Gasteiger partial charge in [0.05, 0.1) is 0 Å². The van der Waals surface area contributed by atoms with Gasteiger partial charge in [0.25, 0.3) is 0 Å². The van der Waals surface area contributed by atoms with Crippen LogP contribution in [0.4, 0.5) is 0 Å². The van der Waals surface area contributed by atoms with Gasteiger partial charge in [-0.25, -0.2) is 4.98 Å². The lowest BCUT2D eigenvalue weighted by atomic mass is 10.6. The van der Waals surface area contributed by atoms with Crippen LogP contribution in [0.1, 0.15) is 0 Å². The average Bonchev–Trinajstić information content (AvgIpc) is 2.42. The van der Waals surface area contributed by atoms with Crippen LogP contribution in [0, 0.1) is 0 Å². The van der Waals surface area contributed by atoms with E-state index in [0.717, 1.165) is 0 Å². The van der Waals surface area contributed by atoms with E-state index in [4.69, 9.17) is 4.55 Å². The molecule has 0 amide bonds. The molecule has 0 aliphatic heterocycles. The van der Waals surface area contributed by atoms with Crippen LogP contribution in [-0.4, -0.2) is 32.6 Å². The molecule has 0 fully saturated rings. The van der Waals surface area contributed by atoms with Crippen molar-refractivity contribution >= 4 is 16.0 Å². The fraction of sp³-hybridized carbons (Fsp3) is 0. The van der Waals surface area contributed by atoms with Gasteiger partial charge in [0.15, 0.2) is 5.65 Å². The Balaban J connectivity index is 2.46. The maximum absolute atomic E-state index is 10.3. The molecule has 0 saturated heterocycles. The molecule has 1 N–H and O–H groups in total. The van der Waals surface area contributed by atoms with Gasteiger partial charge in [-0.15, -0.1) is 5.10 Å². The quantitative estimate of drug-likeness (QED) is 0.661. The van der Waals surface area contributed by atoms with E-state index in [-0.39, 0.29) is 0 Å². The molecule has 2 aromatic rings. The van der Waals surface area contributed by atoms with Crippen LogP contribution in [0.5, 0.6) is 6.01 Å². The summed E-state index contributed by atoms with van der Waals surface area (Å²) in [6.45, 7) is 0. The molecule has 2 heterocycles. The van der Waals surface area contributed by atoms with Crippen molar-refractivity contribution in [2.45, 2.75) is 0 Å². The summed E-state index contributed by atoms with van der Waals surface area (Å²) in [7, 11) is -4.58. The molecule has 0 radical (unpaired) electrons. The summed E-state index contributed by atoms with van der Waals surface area (Å²) in [4.78, 5) is 7.36. The topological polar surface area (TPSA) is 107 Å². The molecule has 0 atom stereocenters. The molecular weight excluding hydrogens is 212 g/mol. The summed E-state index contributed by atoms with van der Waals surface area (Å²) in [6, 6.07) is 1.05. The van der Waals surface area contributed by atoms with Gasteiger partial charge in [-0.05, 0) is 0 Å². The van der Waals surface area contributed by atoms with E-state index in [1.165, 1.54) is 23.1 Å². The molecular formula is C5H4N4O4S. The van der Waals surface area contributed by atoms with E-state index in [1.54, 1.807) is 0 Å². The first-order chi connectivity index (χ1) is 6.54. The van der Waals surface area contributed by atoms with Gasteiger partial charge in [0.2, 0.25) is 0 Å². The third kappa shape index (κ3) is 1.78. The first-order valence-corrected chi connectivity index (χ1v) is 4.74. The maximum Gasteiger partial charge on any atom is 0.449 e. The van der Waals surface area contributed by atoms with Crippen LogP contribution in [0.15, 0.2) is 18.6 Å². The normalized spacial score (nSPS) is 11.8. The molecule has 0 aliphatic rings. The molecule has 0 spiro atoms. The van der Waals surface area contributed by atoms with Crippen molar-refractivity contribution in [1.29, 1.82) is 0 Å². The highest BCUT2D eigenvalue weighted by atomic mass is 32.3. The zero-order valence-corrected chi connectivity index (χ0v) is 7.42. The van der Waals surface area contributed by atoms with E-state index in [1.807, 2.05) is 0 Å². The van der Waals surface area contributed by atoms with Gasteiger partial charge in [-0.1, -0.05) is 0 Å². The molecule has 8 nitrogen and oxygen atoms in total. The second-order valence-electron chi connectivity index (χ2n) is 2.29. The third-order valence-corrected chi connectivity index (χ3v) is 1.66. The molecule has 0 aliphatic carbocycles. The number of hydrogen-bond acceptors (Lipinski definition) is 6. The number of nitrogens with zero attached hydrogens (tertiary/aromatic N) is 4. The van der Waals surface area contributed by atoms with Gasteiger partial charge in [0, 0.05) is 12.3 Å². The molecule has 14 heavy (non-hydrogen) atoms. The van der Waals surface area contributed by atoms with E-state index in [0.29, 0.717) is 5.65 Å². The fourth-order valence-corrected chi connectivity index (χ4v) is 1.11. The molecule has 2 rings (SSSR count). The Labute approximate surface area is 78.1 Å². The second-order valence-corrected chi connectivity index (χ2v) is 3.31. The van der Waals surface area contributed by atoms with Gasteiger partial charge >= 0.3 is 16.4 Å². The maximum atomic E-state index is 10.3. The van der Waals surface area contributed by atoms with Crippen molar-refractivity contribution in [3.8, 4) is 6.01 Å². The summed E-state index contributed by atoms with van der Waals surface area (Å²) in [5.41, 5.74) is 0.360. The second kappa shape index (κ2) is 2.89. The van der Waals surface area contributed by atoms with Gasteiger partial charge in [-0.2, -0.15) is 17.9 Å². The Hall–Kier alpha value is -1.74. The Morgan fingerprint density at radius 1 is 1.50 bits per heavy atom. The Bertz CT molecular complexity index is 529. The Morgan fingerprint density at radius 3 is 2.93 bits per heavy atom. The molecule has 74 valence electrons. The summed E-state index contributed by atoms with van der Waals surface area (Å²) < 4.78 is 34.2. The zero-order valence-electron chi connectivity index (χ0n) is 6.60. The van der Waals surface area contributed by atoms with E-state index in [2.05, 4.69) is 19.2 Å². The number of fused-ring (bicyclic) bond motifs is 1. The SMILES string of the molecule is O=S(=O)(O)Oc1nc2ccncn2n1. The van der Waals surface area contributed by atoms with Crippen LogP contribution in [0.25, 0.3) is 5.65 Å². The lowest BCUT2D eigenvalue weighted by Gasteiger charge is -1.91. The molecule has 0 aromatic carbocycles. The molecule has 0 bridgehead atoms. The first kappa shape index (κ1) is 8.84. The molecule has 0 saturated carbocycles. The lowest BCUT2D eigenvalue weighted by molar-refractivity contribution is 0.374. The highest BCUT2D eigenvalue weighted by molar-refractivity contribution is 7.81. The summed E-state index contributed by atoms with van der Waals surface area (Å²) >= 11 is 0. The van der Waals surface area contributed by atoms with Crippen molar-refractivity contribution in [3.63, 3.8) is 0 Å². The summed E-state index contributed by atoms with van der Waals surface area (Å²) in [6.07, 6.45) is 2.78. The van der Waals surface area contributed by atoms with Gasteiger partial charge < -0.3 is 4.18 Å². The van der Waals surface area contributed by atoms with Gasteiger partial charge in [0.1, 0.15) is 6.33 Å². The fourth-order valence-electron chi connectivity index (χ4n) is 0.854. The summed E-state index contributed by atoms with van der Waals surface area (Å²) in [5, 5.41) is 3.58. The lowest BCUT2D eigenvalue weighted by Crippen LogP contribution is -2.07. The van der Waals surface area contributed by atoms with E-state index < -0.39 is 16.4 Å². The largest absolute Gasteiger partial charge is 0.449 e. The smallest absolute Gasteiger partial charge is 0.321 e. The van der Waals surface area contributed by atoms with Crippen LogP contribution >= 0.6 is 0 Å². The summed E-state index contributed by atoms with van der Waals surface area (Å²) in [5.74, 6) is 0. The molecule has 9 heteroatoms. The number of aromatic nitrogens is 4. The first-order valence-electron chi connectivity index (χ1n) is 3.38. The highest BCUT2D eigenvalue weighted by Crippen LogP contribution is 2.07. The number of hydrogen-bond donors (Lipinski definition) is 1. The zero-order chi connectivity index (χ0) is 10.2. The third-order valence-electron chi connectivity index (χ3n) is 1.30. The van der Waals surface area contributed by atoms with Gasteiger partial charge in [-0.3, -0.25) is 4.55 Å². The average molecular weight is 216 g/mol.